The Labute approximate surface area is 131 Å². The molecular formula is C17H24N4O. The molecule has 1 atom stereocenters. The van der Waals surface area contributed by atoms with Crippen molar-refractivity contribution in [3.05, 3.63) is 53.4 Å². The smallest absolute Gasteiger partial charge is 0.191 e. The summed E-state index contributed by atoms with van der Waals surface area (Å²) in [6.45, 7) is 6.85. The quantitative estimate of drug-likeness (QED) is 0.657. The molecule has 5 heteroatoms. The zero-order chi connectivity index (χ0) is 15.9. The van der Waals surface area contributed by atoms with Gasteiger partial charge in [-0.05, 0) is 18.4 Å². The number of hydrogen-bond donors (Lipinski definition) is 2. The maximum atomic E-state index is 5.32. The van der Waals surface area contributed by atoms with Crippen LogP contribution in [0.15, 0.2) is 45.9 Å². The molecule has 0 aliphatic heterocycles. The highest BCUT2D eigenvalue weighted by Crippen LogP contribution is 2.14. The minimum absolute atomic E-state index is 0.174. The van der Waals surface area contributed by atoms with Crippen LogP contribution in [-0.4, -0.2) is 18.2 Å². The van der Waals surface area contributed by atoms with E-state index in [0.717, 1.165) is 17.4 Å². The summed E-state index contributed by atoms with van der Waals surface area (Å²) in [6.07, 6.45) is 0. The van der Waals surface area contributed by atoms with Crippen LogP contribution in [0.2, 0.25) is 0 Å². The van der Waals surface area contributed by atoms with Crippen molar-refractivity contribution in [1.29, 1.82) is 0 Å². The van der Waals surface area contributed by atoms with Crippen molar-refractivity contribution in [3.63, 3.8) is 0 Å². The summed E-state index contributed by atoms with van der Waals surface area (Å²) in [6, 6.07) is 12.4. The van der Waals surface area contributed by atoms with E-state index in [1.807, 2.05) is 24.3 Å². The van der Waals surface area contributed by atoms with E-state index in [1.165, 1.54) is 5.56 Å². The SMILES string of the molecule is CN=C(NCc1cc(C(C)C)no1)NC(C)c1ccccc1. The lowest BCUT2D eigenvalue weighted by molar-refractivity contribution is 0.371. The molecule has 0 saturated heterocycles. The van der Waals surface area contributed by atoms with Gasteiger partial charge in [-0.3, -0.25) is 4.99 Å². The molecule has 2 N–H and O–H groups in total. The zero-order valence-corrected chi connectivity index (χ0v) is 13.6. The Balaban J connectivity index is 1.89. The maximum absolute atomic E-state index is 5.32. The summed E-state index contributed by atoms with van der Waals surface area (Å²) in [5.41, 5.74) is 2.18. The molecule has 0 aliphatic rings. The van der Waals surface area contributed by atoms with E-state index in [9.17, 15) is 0 Å². The van der Waals surface area contributed by atoms with Crippen LogP contribution in [-0.2, 0) is 6.54 Å². The van der Waals surface area contributed by atoms with Crippen LogP contribution < -0.4 is 10.6 Å². The molecule has 2 aromatic rings. The maximum Gasteiger partial charge on any atom is 0.191 e. The van der Waals surface area contributed by atoms with Gasteiger partial charge in [0.05, 0.1) is 18.3 Å². The lowest BCUT2D eigenvalue weighted by Crippen LogP contribution is -2.38. The van der Waals surface area contributed by atoms with Gasteiger partial charge in [-0.1, -0.05) is 49.3 Å². The van der Waals surface area contributed by atoms with E-state index in [4.69, 9.17) is 4.52 Å². The third kappa shape index (κ3) is 4.35. The number of rotatable bonds is 5. The fraction of sp³-hybridized carbons (Fsp3) is 0.412. The normalized spacial score (nSPS) is 13.2. The highest BCUT2D eigenvalue weighted by atomic mass is 16.5. The standard InChI is InChI=1S/C17H24N4O/c1-12(2)16-10-15(22-21-16)11-19-17(18-4)20-13(3)14-8-6-5-7-9-14/h5-10,12-13H,11H2,1-4H3,(H2,18,19,20). The van der Waals surface area contributed by atoms with Crippen LogP contribution >= 0.6 is 0 Å². The zero-order valence-electron chi connectivity index (χ0n) is 13.6. The number of aromatic nitrogens is 1. The van der Waals surface area contributed by atoms with E-state index in [0.29, 0.717) is 12.5 Å². The predicted octanol–water partition coefficient (Wildman–Crippen LogP) is 3.22. The summed E-state index contributed by atoms with van der Waals surface area (Å²) in [5.74, 6) is 1.91. The summed E-state index contributed by atoms with van der Waals surface area (Å²) in [4.78, 5) is 4.24. The Kier molecular flexibility index (Phi) is 5.58. The molecule has 2 rings (SSSR count). The van der Waals surface area contributed by atoms with Crippen LogP contribution in [0.4, 0.5) is 0 Å². The monoisotopic (exact) mass is 300 g/mol. The third-order valence-electron chi connectivity index (χ3n) is 3.48. The van der Waals surface area contributed by atoms with Crippen LogP contribution in [0.25, 0.3) is 0 Å². The first kappa shape index (κ1) is 16.1. The molecule has 1 aromatic carbocycles. The lowest BCUT2D eigenvalue weighted by Gasteiger charge is -2.17. The van der Waals surface area contributed by atoms with Crippen LogP contribution in [0.3, 0.4) is 0 Å². The number of nitrogens with zero attached hydrogens (tertiary/aromatic N) is 2. The van der Waals surface area contributed by atoms with Gasteiger partial charge in [-0.2, -0.15) is 0 Å². The molecule has 1 unspecified atom stereocenters. The molecule has 0 fully saturated rings. The average molecular weight is 300 g/mol. The second-order valence-electron chi connectivity index (χ2n) is 5.58. The van der Waals surface area contributed by atoms with E-state index in [1.54, 1.807) is 7.05 Å². The van der Waals surface area contributed by atoms with Gasteiger partial charge in [-0.15, -0.1) is 0 Å². The van der Waals surface area contributed by atoms with Crippen molar-refractivity contribution in [2.45, 2.75) is 39.3 Å². The number of aliphatic imine (C=N–C) groups is 1. The molecule has 5 nitrogen and oxygen atoms in total. The largest absolute Gasteiger partial charge is 0.359 e. The van der Waals surface area contributed by atoms with Crippen molar-refractivity contribution in [3.8, 4) is 0 Å². The Hall–Kier alpha value is -2.30. The first-order chi connectivity index (χ1) is 10.6. The fourth-order valence-corrected chi connectivity index (χ4v) is 2.08. The average Bonchev–Trinajstić information content (AvgIpc) is 3.01. The van der Waals surface area contributed by atoms with Gasteiger partial charge in [0.2, 0.25) is 0 Å². The third-order valence-corrected chi connectivity index (χ3v) is 3.48. The molecule has 0 radical (unpaired) electrons. The van der Waals surface area contributed by atoms with Gasteiger partial charge in [-0.25, -0.2) is 0 Å². The predicted molar refractivity (Wildman–Crippen MR) is 88.8 cm³/mol. The van der Waals surface area contributed by atoms with Crippen molar-refractivity contribution in [1.82, 2.24) is 15.8 Å². The van der Waals surface area contributed by atoms with E-state index < -0.39 is 0 Å². The van der Waals surface area contributed by atoms with E-state index >= 15 is 0 Å². The van der Waals surface area contributed by atoms with Crippen LogP contribution in [0.5, 0.6) is 0 Å². The van der Waals surface area contributed by atoms with Crippen molar-refractivity contribution < 1.29 is 4.52 Å². The first-order valence-corrected chi connectivity index (χ1v) is 7.57. The number of guanidine groups is 1. The second kappa shape index (κ2) is 7.64. The Morgan fingerprint density at radius 3 is 2.55 bits per heavy atom. The van der Waals surface area contributed by atoms with Gasteiger partial charge in [0.25, 0.3) is 0 Å². The second-order valence-corrected chi connectivity index (χ2v) is 5.58. The lowest BCUT2D eigenvalue weighted by atomic mass is 10.1. The van der Waals surface area contributed by atoms with E-state index in [-0.39, 0.29) is 6.04 Å². The molecule has 0 spiro atoms. The minimum atomic E-state index is 0.174. The molecule has 1 heterocycles. The Bertz CT molecular complexity index is 604. The van der Waals surface area contributed by atoms with Crippen LogP contribution in [0.1, 0.15) is 49.7 Å². The molecule has 118 valence electrons. The molecule has 22 heavy (non-hydrogen) atoms. The van der Waals surface area contributed by atoms with Crippen LogP contribution in [0, 0.1) is 0 Å². The summed E-state index contributed by atoms with van der Waals surface area (Å²) < 4.78 is 5.32. The number of benzene rings is 1. The number of hydrogen-bond acceptors (Lipinski definition) is 3. The molecule has 0 aliphatic carbocycles. The van der Waals surface area contributed by atoms with Crippen molar-refractivity contribution in [2.24, 2.45) is 4.99 Å². The fourth-order valence-electron chi connectivity index (χ4n) is 2.08. The molecular weight excluding hydrogens is 276 g/mol. The van der Waals surface area contributed by atoms with Crippen molar-refractivity contribution >= 4 is 5.96 Å². The molecule has 1 aromatic heterocycles. The van der Waals surface area contributed by atoms with Gasteiger partial charge >= 0.3 is 0 Å². The highest BCUT2D eigenvalue weighted by Gasteiger charge is 2.10. The minimum Gasteiger partial charge on any atom is -0.359 e. The van der Waals surface area contributed by atoms with Gasteiger partial charge < -0.3 is 15.2 Å². The van der Waals surface area contributed by atoms with Gasteiger partial charge in [0, 0.05) is 13.1 Å². The topological polar surface area (TPSA) is 62.5 Å². The Morgan fingerprint density at radius 1 is 1.23 bits per heavy atom. The highest BCUT2D eigenvalue weighted by molar-refractivity contribution is 5.80. The first-order valence-electron chi connectivity index (χ1n) is 7.57. The summed E-state index contributed by atoms with van der Waals surface area (Å²) >= 11 is 0. The summed E-state index contributed by atoms with van der Waals surface area (Å²) in [7, 11) is 1.76. The van der Waals surface area contributed by atoms with Gasteiger partial charge in [0.1, 0.15) is 0 Å². The molecule has 0 bridgehead atoms. The molecule has 0 saturated carbocycles. The summed E-state index contributed by atoms with van der Waals surface area (Å²) in [5, 5.41) is 10.7. The Morgan fingerprint density at radius 2 is 1.95 bits per heavy atom. The number of nitrogens with one attached hydrogen (secondary N) is 2. The molecule has 0 amide bonds. The van der Waals surface area contributed by atoms with Gasteiger partial charge in [0.15, 0.2) is 11.7 Å². The van der Waals surface area contributed by atoms with Crippen molar-refractivity contribution in [2.75, 3.05) is 7.05 Å². The van der Waals surface area contributed by atoms with E-state index in [2.05, 4.69) is 53.7 Å².